The van der Waals surface area contributed by atoms with Crippen molar-refractivity contribution >= 4 is 34.8 Å². The van der Waals surface area contributed by atoms with Crippen LogP contribution in [0.25, 0.3) is 0 Å². The minimum absolute atomic E-state index is 0.0344. The van der Waals surface area contributed by atoms with Crippen molar-refractivity contribution in [1.82, 2.24) is 9.78 Å². The fourth-order valence-corrected chi connectivity index (χ4v) is 2.43. The maximum atomic E-state index is 12.8. The summed E-state index contributed by atoms with van der Waals surface area (Å²) in [4.78, 5) is 12.0. The Kier molecular flexibility index (Phi) is 5.97. The fraction of sp³-hybridized carbons (Fsp3) is 0.286. The molecule has 26 heavy (non-hydrogen) atoms. The Morgan fingerprint density at radius 1 is 1.35 bits per heavy atom. The summed E-state index contributed by atoms with van der Waals surface area (Å²) < 4.78 is 67.5. The molecular weight excluding hydrogens is 408 g/mol. The summed E-state index contributed by atoms with van der Waals surface area (Å²) in [5.41, 5.74) is -1.19. The van der Waals surface area contributed by atoms with E-state index >= 15 is 0 Å². The van der Waals surface area contributed by atoms with Crippen LogP contribution in [0, 0.1) is 6.92 Å². The van der Waals surface area contributed by atoms with Crippen LogP contribution in [0.5, 0.6) is 5.75 Å². The van der Waals surface area contributed by atoms with Crippen molar-refractivity contribution in [2.45, 2.75) is 26.3 Å². The van der Waals surface area contributed by atoms with E-state index in [0.717, 1.165) is 16.8 Å². The van der Waals surface area contributed by atoms with E-state index in [1.807, 2.05) is 0 Å². The molecule has 0 aliphatic heterocycles. The van der Waals surface area contributed by atoms with Gasteiger partial charge in [-0.3, -0.25) is 9.48 Å². The van der Waals surface area contributed by atoms with Gasteiger partial charge < -0.3 is 10.1 Å². The standard InChI is InChI=1S/C14H10Cl2F5N3O2/c1-6-11(16)12(14(19,20)21)23-24(6)5-10(25)22-7-2-3-9(8(15)4-7)26-13(17)18/h2-4,13H,5H2,1H3,(H,22,25). The third-order valence-electron chi connectivity index (χ3n) is 3.13. The zero-order chi connectivity index (χ0) is 19.6. The number of nitrogens with zero attached hydrogens (tertiary/aromatic N) is 2. The molecule has 5 nitrogen and oxygen atoms in total. The summed E-state index contributed by atoms with van der Waals surface area (Å²) in [5, 5.41) is 4.88. The number of alkyl halides is 5. The number of carbonyl (C=O) groups excluding carboxylic acids is 1. The predicted octanol–water partition coefficient (Wildman–Crippen LogP) is 4.76. The minimum atomic E-state index is -4.75. The molecule has 0 saturated carbocycles. The first-order valence-electron chi connectivity index (χ1n) is 6.83. The summed E-state index contributed by atoms with van der Waals surface area (Å²) in [7, 11) is 0. The molecule has 0 bridgehead atoms. The van der Waals surface area contributed by atoms with Gasteiger partial charge >= 0.3 is 12.8 Å². The summed E-state index contributed by atoms with van der Waals surface area (Å²) in [6, 6.07) is 3.51. The van der Waals surface area contributed by atoms with E-state index in [0.29, 0.717) is 0 Å². The minimum Gasteiger partial charge on any atom is -0.433 e. The summed E-state index contributed by atoms with van der Waals surface area (Å²) in [6.45, 7) is -2.33. The highest BCUT2D eigenvalue weighted by Gasteiger charge is 2.38. The molecule has 0 fully saturated rings. The van der Waals surface area contributed by atoms with Crippen LogP contribution in [-0.4, -0.2) is 22.3 Å². The van der Waals surface area contributed by atoms with Crippen molar-refractivity contribution in [3.05, 3.63) is 39.6 Å². The highest BCUT2D eigenvalue weighted by molar-refractivity contribution is 6.32. The van der Waals surface area contributed by atoms with Gasteiger partial charge in [0.2, 0.25) is 5.91 Å². The van der Waals surface area contributed by atoms with Crippen molar-refractivity contribution < 1.29 is 31.5 Å². The second kappa shape index (κ2) is 7.67. The van der Waals surface area contributed by atoms with E-state index < -0.39 is 36.0 Å². The first-order valence-corrected chi connectivity index (χ1v) is 7.59. The van der Waals surface area contributed by atoms with E-state index in [2.05, 4.69) is 15.2 Å². The first-order chi connectivity index (χ1) is 12.0. The Morgan fingerprint density at radius 2 is 2.00 bits per heavy atom. The predicted molar refractivity (Wildman–Crippen MR) is 83.7 cm³/mol. The van der Waals surface area contributed by atoms with Gasteiger partial charge in [-0.15, -0.1) is 0 Å². The van der Waals surface area contributed by atoms with Crippen molar-refractivity contribution in [3.8, 4) is 5.75 Å². The van der Waals surface area contributed by atoms with Crippen LogP contribution in [0.4, 0.5) is 27.6 Å². The van der Waals surface area contributed by atoms with Gasteiger partial charge in [-0.05, 0) is 25.1 Å². The van der Waals surface area contributed by atoms with Crippen molar-refractivity contribution in [2.75, 3.05) is 5.32 Å². The lowest BCUT2D eigenvalue weighted by atomic mass is 10.3. The van der Waals surface area contributed by atoms with Gasteiger partial charge in [-0.2, -0.15) is 27.1 Å². The molecule has 0 unspecified atom stereocenters. The molecule has 0 spiro atoms. The van der Waals surface area contributed by atoms with E-state index in [-0.39, 0.29) is 22.2 Å². The number of rotatable bonds is 5. The lowest BCUT2D eigenvalue weighted by molar-refractivity contribution is -0.141. The largest absolute Gasteiger partial charge is 0.436 e. The molecule has 0 aliphatic rings. The maximum absolute atomic E-state index is 12.8. The molecule has 1 aromatic heterocycles. The molecule has 1 heterocycles. The van der Waals surface area contributed by atoms with Gasteiger partial charge in [0.15, 0.2) is 5.69 Å². The number of hydrogen-bond acceptors (Lipinski definition) is 3. The number of ether oxygens (including phenoxy) is 1. The quantitative estimate of drug-likeness (QED) is 0.713. The van der Waals surface area contributed by atoms with Gasteiger partial charge in [0.1, 0.15) is 12.3 Å². The molecule has 2 rings (SSSR count). The molecule has 2 aromatic rings. The molecule has 142 valence electrons. The van der Waals surface area contributed by atoms with Gasteiger partial charge in [-0.1, -0.05) is 23.2 Å². The number of amides is 1. The Morgan fingerprint density at radius 3 is 2.50 bits per heavy atom. The lowest BCUT2D eigenvalue weighted by Crippen LogP contribution is -2.20. The normalized spacial score (nSPS) is 11.7. The molecule has 0 aliphatic carbocycles. The number of nitrogens with one attached hydrogen (secondary N) is 1. The molecule has 1 aromatic carbocycles. The molecule has 0 atom stereocenters. The van der Waals surface area contributed by atoms with Crippen LogP contribution in [0.3, 0.4) is 0 Å². The van der Waals surface area contributed by atoms with Crippen LogP contribution < -0.4 is 10.1 Å². The molecule has 0 saturated heterocycles. The van der Waals surface area contributed by atoms with Gasteiger partial charge in [0.05, 0.1) is 15.7 Å². The fourth-order valence-electron chi connectivity index (χ4n) is 1.97. The topological polar surface area (TPSA) is 56.2 Å². The number of benzene rings is 1. The molecule has 12 heteroatoms. The summed E-state index contributed by atoms with van der Waals surface area (Å²) in [6.07, 6.45) is -4.75. The Bertz CT molecular complexity index is 824. The average Bonchev–Trinajstić information content (AvgIpc) is 2.78. The van der Waals surface area contributed by atoms with E-state index in [4.69, 9.17) is 23.2 Å². The highest BCUT2D eigenvalue weighted by Crippen LogP contribution is 2.35. The van der Waals surface area contributed by atoms with E-state index in [1.54, 1.807) is 0 Å². The zero-order valence-corrected chi connectivity index (χ0v) is 14.4. The second-order valence-electron chi connectivity index (χ2n) is 4.98. The van der Waals surface area contributed by atoms with Crippen LogP contribution in [0.2, 0.25) is 10.0 Å². The number of hydrogen-bond donors (Lipinski definition) is 1. The number of halogens is 7. The monoisotopic (exact) mass is 417 g/mol. The Hall–Kier alpha value is -2.07. The van der Waals surface area contributed by atoms with E-state index in [9.17, 15) is 26.7 Å². The van der Waals surface area contributed by atoms with Crippen molar-refractivity contribution in [3.63, 3.8) is 0 Å². The van der Waals surface area contributed by atoms with Crippen LogP contribution in [0.1, 0.15) is 11.4 Å². The third-order valence-corrected chi connectivity index (χ3v) is 3.87. The summed E-state index contributed by atoms with van der Waals surface area (Å²) in [5.74, 6) is -1.01. The van der Waals surface area contributed by atoms with Gasteiger partial charge in [0.25, 0.3) is 0 Å². The molecular formula is C14H10Cl2F5N3O2. The van der Waals surface area contributed by atoms with Crippen molar-refractivity contribution in [2.24, 2.45) is 0 Å². The summed E-state index contributed by atoms with van der Waals surface area (Å²) >= 11 is 11.3. The Labute approximate surface area is 153 Å². The maximum Gasteiger partial charge on any atom is 0.436 e. The number of aromatic nitrogens is 2. The first kappa shape index (κ1) is 20.2. The van der Waals surface area contributed by atoms with E-state index in [1.165, 1.54) is 13.0 Å². The highest BCUT2D eigenvalue weighted by atomic mass is 35.5. The van der Waals surface area contributed by atoms with Crippen molar-refractivity contribution in [1.29, 1.82) is 0 Å². The average molecular weight is 418 g/mol. The molecule has 1 N–H and O–H groups in total. The molecule has 1 amide bonds. The van der Waals surface area contributed by atoms with Crippen LogP contribution in [-0.2, 0) is 17.5 Å². The van der Waals surface area contributed by atoms with Crippen LogP contribution in [0.15, 0.2) is 18.2 Å². The van der Waals surface area contributed by atoms with Gasteiger partial charge in [-0.25, -0.2) is 0 Å². The smallest absolute Gasteiger partial charge is 0.433 e. The number of anilines is 1. The Balaban J connectivity index is 2.11. The van der Waals surface area contributed by atoms with Gasteiger partial charge in [0, 0.05) is 5.69 Å². The number of carbonyl (C=O) groups is 1. The molecule has 0 radical (unpaired) electrons. The van der Waals surface area contributed by atoms with Crippen LogP contribution >= 0.6 is 23.2 Å². The lowest BCUT2D eigenvalue weighted by Gasteiger charge is -2.10. The zero-order valence-electron chi connectivity index (χ0n) is 12.9. The third kappa shape index (κ3) is 4.76. The SMILES string of the molecule is Cc1c(Cl)c(C(F)(F)F)nn1CC(=O)Nc1ccc(OC(F)F)c(Cl)c1. The second-order valence-corrected chi connectivity index (χ2v) is 5.76.